The summed E-state index contributed by atoms with van der Waals surface area (Å²) in [6.45, 7) is 4.88. The molecule has 0 radical (unpaired) electrons. The van der Waals surface area contributed by atoms with Gasteiger partial charge in [0.05, 0.1) is 7.11 Å². The van der Waals surface area contributed by atoms with Crippen molar-refractivity contribution in [3.05, 3.63) is 114 Å². The van der Waals surface area contributed by atoms with E-state index in [4.69, 9.17) is 4.74 Å². The van der Waals surface area contributed by atoms with Gasteiger partial charge in [-0.3, -0.25) is 9.59 Å². The number of hydrogen-bond acceptors (Lipinski definition) is 3. The fourth-order valence-electron chi connectivity index (χ4n) is 5.06. The SMILES string of the molecule is COc1ccc(CN(CCc2c[nH]c3ccccc23)C(=O)CN(C(=O)c2ccc3ccccc3c2)C(C)C)cc1. The first-order chi connectivity index (χ1) is 19.4. The molecule has 0 aliphatic heterocycles. The van der Waals surface area contributed by atoms with Gasteiger partial charge >= 0.3 is 0 Å². The summed E-state index contributed by atoms with van der Waals surface area (Å²) >= 11 is 0. The smallest absolute Gasteiger partial charge is 0.254 e. The number of carbonyl (C=O) groups is 2. The molecule has 0 aliphatic rings. The Bertz CT molecular complexity index is 1620. The van der Waals surface area contributed by atoms with E-state index in [1.165, 1.54) is 0 Å². The van der Waals surface area contributed by atoms with Crippen LogP contribution < -0.4 is 4.74 Å². The fraction of sp³-hybridized carbons (Fsp3) is 0.235. The van der Waals surface area contributed by atoms with Gasteiger partial charge in [-0.05, 0) is 72.5 Å². The number of hydrogen-bond donors (Lipinski definition) is 1. The minimum absolute atomic E-state index is 0.00731. The minimum atomic E-state index is -0.143. The molecule has 0 aliphatic carbocycles. The molecule has 0 spiro atoms. The summed E-state index contributed by atoms with van der Waals surface area (Å²) in [5.41, 5.74) is 3.83. The lowest BCUT2D eigenvalue weighted by molar-refractivity contribution is -0.132. The van der Waals surface area contributed by atoms with Gasteiger partial charge in [-0.15, -0.1) is 0 Å². The number of methoxy groups -OCH3 is 1. The molecule has 204 valence electrons. The number of aromatic amines is 1. The van der Waals surface area contributed by atoms with Crippen molar-refractivity contribution in [3.63, 3.8) is 0 Å². The van der Waals surface area contributed by atoms with Gasteiger partial charge in [0.15, 0.2) is 0 Å². The van der Waals surface area contributed by atoms with Crippen molar-refractivity contribution >= 4 is 33.5 Å². The highest BCUT2D eigenvalue weighted by Crippen LogP contribution is 2.21. The van der Waals surface area contributed by atoms with Crippen LogP contribution >= 0.6 is 0 Å². The number of fused-ring (bicyclic) bond motifs is 2. The van der Waals surface area contributed by atoms with Crippen LogP contribution in [0.2, 0.25) is 0 Å². The first kappa shape index (κ1) is 27.0. The lowest BCUT2D eigenvalue weighted by Gasteiger charge is -2.30. The number of rotatable bonds is 10. The fourth-order valence-corrected chi connectivity index (χ4v) is 5.06. The number of para-hydroxylation sites is 1. The molecule has 0 saturated carbocycles. The molecule has 0 fully saturated rings. The number of nitrogens with zero attached hydrogens (tertiary/aromatic N) is 2. The van der Waals surface area contributed by atoms with Crippen molar-refractivity contribution in [2.75, 3.05) is 20.2 Å². The highest BCUT2D eigenvalue weighted by molar-refractivity contribution is 6.00. The normalized spacial score (nSPS) is 11.2. The molecule has 1 aromatic heterocycles. The molecule has 5 rings (SSSR count). The van der Waals surface area contributed by atoms with Crippen molar-refractivity contribution < 1.29 is 14.3 Å². The van der Waals surface area contributed by atoms with E-state index in [9.17, 15) is 9.59 Å². The average Bonchev–Trinajstić information content (AvgIpc) is 3.40. The maximum atomic E-state index is 13.9. The highest BCUT2D eigenvalue weighted by Gasteiger charge is 2.25. The molecule has 0 atom stereocenters. The van der Waals surface area contributed by atoms with Gasteiger partial charge in [0.1, 0.15) is 12.3 Å². The molecular formula is C34H35N3O3. The van der Waals surface area contributed by atoms with E-state index in [2.05, 4.69) is 17.1 Å². The number of benzene rings is 4. The number of nitrogens with one attached hydrogen (secondary N) is 1. The summed E-state index contributed by atoms with van der Waals surface area (Å²) < 4.78 is 5.30. The standard InChI is InChI=1S/C34H35N3O3/c1-24(2)37(34(39)28-15-14-26-8-4-5-9-27(26)20-28)23-33(38)36(22-25-12-16-30(40-3)17-13-25)19-18-29-21-35-32-11-7-6-10-31(29)32/h4-17,20-21,24,35H,18-19,22-23H2,1-3H3. The van der Waals surface area contributed by atoms with Crippen molar-refractivity contribution in [2.24, 2.45) is 0 Å². The molecule has 40 heavy (non-hydrogen) atoms. The third-order valence-corrected chi connectivity index (χ3v) is 7.40. The molecule has 4 aromatic carbocycles. The Morgan fingerprint density at radius 3 is 2.35 bits per heavy atom. The van der Waals surface area contributed by atoms with Crippen LogP contribution in [0.25, 0.3) is 21.7 Å². The Labute approximate surface area is 235 Å². The number of H-pyrrole nitrogens is 1. The van der Waals surface area contributed by atoms with Crippen LogP contribution in [0.4, 0.5) is 0 Å². The van der Waals surface area contributed by atoms with E-state index >= 15 is 0 Å². The molecule has 1 N–H and O–H groups in total. The summed E-state index contributed by atoms with van der Waals surface area (Å²) in [7, 11) is 1.64. The second kappa shape index (κ2) is 12.1. The highest BCUT2D eigenvalue weighted by atomic mass is 16.5. The summed E-state index contributed by atoms with van der Waals surface area (Å²) in [6.07, 6.45) is 2.72. The van der Waals surface area contributed by atoms with Crippen LogP contribution in [0.5, 0.6) is 5.75 Å². The quantitative estimate of drug-likeness (QED) is 0.224. The Kier molecular flexibility index (Phi) is 8.15. The predicted molar refractivity (Wildman–Crippen MR) is 161 cm³/mol. The van der Waals surface area contributed by atoms with Gasteiger partial charge in [-0.1, -0.05) is 60.7 Å². The maximum Gasteiger partial charge on any atom is 0.254 e. The third kappa shape index (κ3) is 6.01. The van der Waals surface area contributed by atoms with Gasteiger partial charge in [0.2, 0.25) is 5.91 Å². The zero-order valence-electron chi connectivity index (χ0n) is 23.3. The maximum absolute atomic E-state index is 13.9. The molecule has 0 unspecified atom stereocenters. The van der Waals surface area contributed by atoms with Gasteiger partial charge in [-0.2, -0.15) is 0 Å². The minimum Gasteiger partial charge on any atom is -0.497 e. The summed E-state index contributed by atoms with van der Waals surface area (Å²) in [4.78, 5) is 34.3. The van der Waals surface area contributed by atoms with E-state index in [0.717, 1.165) is 38.6 Å². The zero-order valence-corrected chi connectivity index (χ0v) is 23.3. The van der Waals surface area contributed by atoms with Crippen LogP contribution in [-0.4, -0.2) is 52.8 Å². The Morgan fingerprint density at radius 2 is 1.60 bits per heavy atom. The van der Waals surface area contributed by atoms with E-state index < -0.39 is 0 Å². The van der Waals surface area contributed by atoms with E-state index in [-0.39, 0.29) is 24.4 Å². The molecule has 5 aromatic rings. The topological polar surface area (TPSA) is 65.6 Å². The van der Waals surface area contributed by atoms with Crippen LogP contribution in [0.15, 0.2) is 97.2 Å². The molecule has 6 nitrogen and oxygen atoms in total. The van der Waals surface area contributed by atoms with E-state index in [1.807, 2.05) is 104 Å². The van der Waals surface area contributed by atoms with E-state index in [0.29, 0.717) is 25.1 Å². The number of amides is 2. The van der Waals surface area contributed by atoms with Crippen LogP contribution in [0.3, 0.4) is 0 Å². The van der Waals surface area contributed by atoms with Crippen molar-refractivity contribution in [1.82, 2.24) is 14.8 Å². The second-order valence-corrected chi connectivity index (χ2v) is 10.4. The van der Waals surface area contributed by atoms with Crippen molar-refractivity contribution in [1.29, 1.82) is 0 Å². The Balaban J connectivity index is 1.37. The first-order valence-electron chi connectivity index (χ1n) is 13.7. The zero-order chi connectivity index (χ0) is 28.1. The van der Waals surface area contributed by atoms with Crippen molar-refractivity contribution in [2.45, 2.75) is 32.9 Å². The molecular weight excluding hydrogens is 498 g/mol. The predicted octanol–water partition coefficient (Wildman–Crippen LogP) is 6.45. The monoisotopic (exact) mass is 533 g/mol. The number of carbonyl (C=O) groups excluding carboxylic acids is 2. The van der Waals surface area contributed by atoms with Gasteiger partial charge in [0, 0.05) is 41.8 Å². The molecule has 6 heteroatoms. The number of aromatic nitrogens is 1. The average molecular weight is 534 g/mol. The van der Waals surface area contributed by atoms with Crippen molar-refractivity contribution in [3.8, 4) is 5.75 Å². The molecule has 2 amide bonds. The lowest BCUT2D eigenvalue weighted by Crippen LogP contribution is -2.46. The summed E-state index contributed by atoms with van der Waals surface area (Å²) in [6, 6.07) is 29.5. The largest absolute Gasteiger partial charge is 0.497 e. The molecule has 0 saturated heterocycles. The first-order valence-corrected chi connectivity index (χ1v) is 13.7. The van der Waals surface area contributed by atoms with Crippen LogP contribution in [0.1, 0.15) is 35.3 Å². The van der Waals surface area contributed by atoms with Gasteiger partial charge in [0.25, 0.3) is 5.91 Å². The lowest BCUT2D eigenvalue weighted by atomic mass is 10.1. The molecule has 1 heterocycles. The second-order valence-electron chi connectivity index (χ2n) is 10.4. The third-order valence-electron chi connectivity index (χ3n) is 7.40. The Morgan fingerprint density at radius 1 is 0.875 bits per heavy atom. The number of ether oxygens (including phenoxy) is 1. The summed E-state index contributed by atoms with van der Waals surface area (Å²) in [5.74, 6) is 0.543. The van der Waals surface area contributed by atoms with E-state index in [1.54, 1.807) is 12.0 Å². The van der Waals surface area contributed by atoms with Crippen LogP contribution in [-0.2, 0) is 17.8 Å². The van der Waals surface area contributed by atoms with Gasteiger partial charge in [-0.25, -0.2) is 0 Å². The van der Waals surface area contributed by atoms with Gasteiger partial charge < -0.3 is 19.5 Å². The Hall–Kier alpha value is -4.58. The van der Waals surface area contributed by atoms with Crippen LogP contribution in [0, 0.1) is 0 Å². The molecule has 0 bridgehead atoms. The summed E-state index contributed by atoms with van der Waals surface area (Å²) in [5, 5.41) is 3.24.